The van der Waals surface area contributed by atoms with E-state index < -0.39 is 0 Å². The van der Waals surface area contributed by atoms with Gasteiger partial charge in [0.25, 0.3) is 0 Å². The van der Waals surface area contributed by atoms with E-state index in [1.165, 1.54) is 6.07 Å². The van der Waals surface area contributed by atoms with E-state index in [4.69, 9.17) is 34.3 Å². The summed E-state index contributed by atoms with van der Waals surface area (Å²) in [6.45, 7) is 0.0568. The minimum absolute atomic E-state index is 0.0568. The third kappa shape index (κ3) is 3.48. The number of hydrogen-bond acceptors (Lipinski definition) is 2. The summed E-state index contributed by atoms with van der Waals surface area (Å²) in [5.41, 5.74) is 6.51. The molecule has 0 atom stereocenters. The molecule has 0 spiro atoms. The number of thiocarbonyl (C=S) groups is 1. The van der Waals surface area contributed by atoms with Crippen LogP contribution in [-0.2, 0) is 6.61 Å². The van der Waals surface area contributed by atoms with Crippen LogP contribution in [0.4, 0.5) is 4.39 Å². The Balaban J connectivity index is 2.25. The zero-order chi connectivity index (χ0) is 14.7. The van der Waals surface area contributed by atoms with Crippen LogP contribution in [0.15, 0.2) is 40.9 Å². The van der Waals surface area contributed by atoms with E-state index in [2.05, 4.69) is 15.9 Å². The molecule has 0 radical (unpaired) electrons. The van der Waals surface area contributed by atoms with E-state index >= 15 is 0 Å². The standard InChI is InChI=1S/C14H10BrClFNOS/c15-9-4-5-11(17)8(6-9)7-19-12-3-1-2-10(16)13(12)14(18)20/h1-6H,7H2,(H2,18,20). The molecule has 2 aromatic carbocycles. The Kier molecular flexibility index (Phi) is 4.96. The van der Waals surface area contributed by atoms with Crippen LogP contribution in [0.1, 0.15) is 11.1 Å². The summed E-state index contributed by atoms with van der Waals surface area (Å²) in [7, 11) is 0. The van der Waals surface area contributed by atoms with Crippen LogP contribution in [-0.4, -0.2) is 4.99 Å². The molecule has 0 heterocycles. The lowest BCUT2D eigenvalue weighted by molar-refractivity contribution is 0.299. The van der Waals surface area contributed by atoms with Gasteiger partial charge < -0.3 is 10.5 Å². The Bertz CT molecular complexity index is 666. The SMILES string of the molecule is NC(=S)c1c(Cl)cccc1OCc1cc(Br)ccc1F. The number of nitrogens with two attached hydrogens (primary N) is 1. The topological polar surface area (TPSA) is 35.2 Å². The number of rotatable bonds is 4. The van der Waals surface area contributed by atoms with Crippen LogP contribution in [0, 0.1) is 5.82 Å². The van der Waals surface area contributed by atoms with Crippen LogP contribution < -0.4 is 10.5 Å². The van der Waals surface area contributed by atoms with Crippen LogP contribution in [0.5, 0.6) is 5.75 Å². The monoisotopic (exact) mass is 373 g/mol. The highest BCUT2D eigenvalue weighted by Gasteiger charge is 2.12. The van der Waals surface area contributed by atoms with Crippen LogP contribution in [0.25, 0.3) is 0 Å². The van der Waals surface area contributed by atoms with Gasteiger partial charge in [-0.05, 0) is 30.3 Å². The van der Waals surface area contributed by atoms with Gasteiger partial charge in [0.05, 0.1) is 10.6 Å². The van der Waals surface area contributed by atoms with Crippen molar-refractivity contribution in [3.8, 4) is 5.75 Å². The lowest BCUT2D eigenvalue weighted by Crippen LogP contribution is -2.12. The maximum atomic E-state index is 13.6. The fraction of sp³-hybridized carbons (Fsp3) is 0.0714. The van der Waals surface area contributed by atoms with Gasteiger partial charge in [-0.3, -0.25) is 0 Å². The van der Waals surface area contributed by atoms with Crippen molar-refractivity contribution in [2.45, 2.75) is 6.61 Å². The van der Waals surface area contributed by atoms with Gasteiger partial charge in [0.1, 0.15) is 23.2 Å². The molecule has 0 aliphatic heterocycles. The molecule has 2 aromatic rings. The molecule has 0 bridgehead atoms. The van der Waals surface area contributed by atoms with Gasteiger partial charge in [0.15, 0.2) is 0 Å². The molecule has 0 unspecified atom stereocenters. The second kappa shape index (κ2) is 6.52. The molecule has 2 nitrogen and oxygen atoms in total. The fourth-order valence-electron chi connectivity index (χ4n) is 1.67. The van der Waals surface area contributed by atoms with E-state index in [0.717, 1.165) is 4.47 Å². The molecule has 0 aromatic heterocycles. The number of hydrogen-bond donors (Lipinski definition) is 1. The second-order valence-corrected chi connectivity index (χ2v) is 5.76. The highest BCUT2D eigenvalue weighted by atomic mass is 79.9. The summed E-state index contributed by atoms with van der Waals surface area (Å²) >= 11 is 14.3. The molecule has 2 rings (SSSR count). The van der Waals surface area contributed by atoms with Gasteiger partial charge in [-0.15, -0.1) is 0 Å². The highest BCUT2D eigenvalue weighted by molar-refractivity contribution is 9.10. The molecule has 0 amide bonds. The minimum atomic E-state index is -0.341. The molecule has 2 N–H and O–H groups in total. The Morgan fingerprint density at radius 3 is 2.80 bits per heavy atom. The summed E-state index contributed by atoms with van der Waals surface area (Å²) in [4.78, 5) is 0.139. The van der Waals surface area contributed by atoms with E-state index in [9.17, 15) is 4.39 Å². The molecule has 20 heavy (non-hydrogen) atoms. The fourth-order valence-corrected chi connectivity index (χ4v) is 2.62. The smallest absolute Gasteiger partial charge is 0.131 e. The average molecular weight is 375 g/mol. The van der Waals surface area contributed by atoms with E-state index in [1.807, 2.05) is 0 Å². The van der Waals surface area contributed by atoms with Crippen molar-refractivity contribution in [2.24, 2.45) is 5.73 Å². The van der Waals surface area contributed by atoms with Gasteiger partial charge in [0, 0.05) is 10.0 Å². The van der Waals surface area contributed by atoms with Crippen molar-refractivity contribution in [2.75, 3.05) is 0 Å². The number of halogens is 3. The van der Waals surface area contributed by atoms with Crippen molar-refractivity contribution in [3.05, 3.63) is 62.8 Å². The predicted octanol–water partition coefficient (Wildman–Crippen LogP) is 4.45. The second-order valence-electron chi connectivity index (χ2n) is 4.00. The first-order valence-corrected chi connectivity index (χ1v) is 7.22. The maximum Gasteiger partial charge on any atom is 0.131 e. The zero-order valence-corrected chi connectivity index (χ0v) is 13.4. The molecular weight excluding hydrogens is 365 g/mol. The molecule has 0 fully saturated rings. The maximum absolute atomic E-state index is 13.6. The van der Waals surface area contributed by atoms with Crippen molar-refractivity contribution in [1.29, 1.82) is 0 Å². The zero-order valence-electron chi connectivity index (χ0n) is 10.2. The lowest BCUT2D eigenvalue weighted by atomic mass is 10.2. The Labute approximate surface area is 134 Å². The molecule has 0 saturated heterocycles. The number of benzene rings is 2. The van der Waals surface area contributed by atoms with Gasteiger partial charge in [-0.1, -0.05) is 45.8 Å². The largest absolute Gasteiger partial charge is 0.488 e. The molecule has 0 saturated carbocycles. The molecular formula is C14H10BrClFNOS. The summed E-state index contributed by atoms with van der Waals surface area (Å²) < 4.78 is 20.0. The highest BCUT2D eigenvalue weighted by Crippen LogP contribution is 2.27. The summed E-state index contributed by atoms with van der Waals surface area (Å²) in [5, 5.41) is 0.407. The molecule has 0 aliphatic rings. The third-order valence-electron chi connectivity index (χ3n) is 2.61. The Morgan fingerprint density at radius 1 is 1.35 bits per heavy atom. The quantitative estimate of drug-likeness (QED) is 0.803. The van der Waals surface area contributed by atoms with Gasteiger partial charge in [-0.2, -0.15) is 0 Å². The van der Waals surface area contributed by atoms with Crippen molar-refractivity contribution >= 4 is 44.7 Å². The van der Waals surface area contributed by atoms with Crippen molar-refractivity contribution in [3.63, 3.8) is 0 Å². The van der Waals surface area contributed by atoms with Crippen LogP contribution >= 0.6 is 39.7 Å². The first kappa shape index (κ1) is 15.2. The van der Waals surface area contributed by atoms with Crippen LogP contribution in [0.3, 0.4) is 0 Å². The van der Waals surface area contributed by atoms with Crippen LogP contribution in [0.2, 0.25) is 5.02 Å². The van der Waals surface area contributed by atoms with E-state index in [0.29, 0.717) is 21.9 Å². The minimum Gasteiger partial charge on any atom is -0.488 e. The van der Waals surface area contributed by atoms with E-state index in [-0.39, 0.29) is 17.4 Å². The number of ether oxygens (including phenoxy) is 1. The molecule has 6 heteroatoms. The van der Waals surface area contributed by atoms with Gasteiger partial charge in [-0.25, -0.2) is 4.39 Å². The summed E-state index contributed by atoms with van der Waals surface area (Å²) in [6.07, 6.45) is 0. The first-order chi connectivity index (χ1) is 9.49. The van der Waals surface area contributed by atoms with Crippen molar-refractivity contribution in [1.82, 2.24) is 0 Å². The average Bonchev–Trinajstić information content (AvgIpc) is 2.39. The van der Waals surface area contributed by atoms with Crippen molar-refractivity contribution < 1.29 is 9.13 Å². The van der Waals surface area contributed by atoms with E-state index in [1.54, 1.807) is 30.3 Å². The third-order valence-corrected chi connectivity index (χ3v) is 3.63. The summed E-state index contributed by atoms with van der Waals surface area (Å²) in [5.74, 6) is 0.0940. The summed E-state index contributed by atoms with van der Waals surface area (Å²) in [6, 6.07) is 9.73. The molecule has 0 aliphatic carbocycles. The Hall–Kier alpha value is -1.17. The predicted molar refractivity (Wildman–Crippen MR) is 85.8 cm³/mol. The first-order valence-electron chi connectivity index (χ1n) is 5.64. The normalized spacial score (nSPS) is 10.3. The lowest BCUT2D eigenvalue weighted by Gasteiger charge is -2.12. The van der Waals surface area contributed by atoms with Gasteiger partial charge in [0.2, 0.25) is 0 Å². The Morgan fingerprint density at radius 2 is 2.10 bits per heavy atom. The molecule has 104 valence electrons. The van der Waals surface area contributed by atoms with Gasteiger partial charge >= 0.3 is 0 Å².